The van der Waals surface area contributed by atoms with Gasteiger partial charge in [-0.15, -0.1) is 0 Å². The van der Waals surface area contributed by atoms with Crippen molar-refractivity contribution in [3.05, 3.63) is 34.3 Å². The van der Waals surface area contributed by atoms with Gasteiger partial charge in [-0.1, -0.05) is 48.0 Å². The van der Waals surface area contributed by atoms with Crippen molar-refractivity contribution in [2.24, 2.45) is 11.1 Å². The summed E-state index contributed by atoms with van der Waals surface area (Å²) in [5.74, 6) is 0. The van der Waals surface area contributed by atoms with E-state index in [-0.39, 0.29) is 0 Å². The molecule has 0 fully saturated rings. The Labute approximate surface area is 94.8 Å². The Kier molecular flexibility index (Phi) is 4.14. The largest absolute Gasteiger partial charge is 0.330 e. The summed E-state index contributed by atoms with van der Waals surface area (Å²) in [6.07, 6.45) is 2.14. The molecule has 1 aromatic carbocycles. The molecule has 0 atom stereocenters. The summed E-state index contributed by atoms with van der Waals surface area (Å²) in [5, 5.41) is 0. The van der Waals surface area contributed by atoms with Gasteiger partial charge in [-0.25, -0.2) is 0 Å². The Hall–Kier alpha value is -0.340. The number of benzene rings is 1. The molecule has 0 aliphatic rings. The lowest BCUT2D eigenvalue weighted by Gasteiger charge is -2.24. The number of halogens is 1. The van der Waals surface area contributed by atoms with E-state index in [1.54, 1.807) is 0 Å². The summed E-state index contributed by atoms with van der Waals surface area (Å²) in [4.78, 5) is 0. The fraction of sp³-hybridized carbons (Fsp3) is 0.500. The molecule has 0 spiro atoms. The molecule has 1 aromatic rings. The van der Waals surface area contributed by atoms with Crippen LogP contribution >= 0.6 is 15.9 Å². The van der Waals surface area contributed by atoms with Crippen LogP contribution in [0.2, 0.25) is 0 Å². The van der Waals surface area contributed by atoms with Gasteiger partial charge in [0.15, 0.2) is 0 Å². The molecule has 1 nitrogen and oxygen atoms in total. The molecule has 0 saturated heterocycles. The summed E-state index contributed by atoms with van der Waals surface area (Å²) in [6, 6.07) is 8.39. The zero-order valence-corrected chi connectivity index (χ0v) is 10.5. The Morgan fingerprint density at radius 2 is 1.93 bits per heavy atom. The molecular formula is C12H18BrN. The second-order valence-electron chi connectivity index (χ2n) is 4.47. The Bertz CT molecular complexity index is 294. The minimum absolute atomic E-state index is 0.290. The van der Waals surface area contributed by atoms with Crippen molar-refractivity contribution < 1.29 is 0 Å². The maximum atomic E-state index is 5.59. The van der Waals surface area contributed by atoms with Crippen molar-refractivity contribution in [2.75, 3.05) is 6.54 Å². The topological polar surface area (TPSA) is 26.0 Å². The van der Waals surface area contributed by atoms with E-state index in [1.807, 2.05) is 6.07 Å². The molecule has 0 radical (unpaired) electrons. The van der Waals surface area contributed by atoms with Crippen LogP contribution in [0, 0.1) is 5.41 Å². The first kappa shape index (κ1) is 11.7. The van der Waals surface area contributed by atoms with Crippen LogP contribution in [0.15, 0.2) is 28.7 Å². The smallest absolute Gasteiger partial charge is 0.0207 e. The molecule has 78 valence electrons. The predicted octanol–water partition coefficient (Wildman–Crippen LogP) is 3.37. The van der Waals surface area contributed by atoms with E-state index in [0.29, 0.717) is 5.41 Å². The summed E-state index contributed by atoms with van der Waals surface area (Å²) in [6.45, 7) is 5.29. The highest BCUT2D eigenvalue weighted by molar-refractivity contribution is 9.10. The molecule has 0 aliphatic heterocycles. The van der Waals surface area contributed by atoms with Gasteiger partial charge in [-0.05, 0) is 36.4 Å². The summed E-state index contributed by atoms with van der Waals surface area (Å²) >= 11 is 3.57. The molecule has 2 heteroatoms. The third-order valence-corrected chi connectivity index (χ3v) is 3.22. The SMILES string of the molecule is CC(C)(CCN)Cc1ccccc1Br. The number of rotatable bonds is 4. The Morgan fingerprint density at radius 3 is 2.50 bits per heavy atom. The van der Waals surface area contributed by atoms with Crippen molar-refractivity contribution in [1.29, 1.82) is 0 Å². The zero-order valence-electron chi connectivity index (χ0n) is 8.89. The quantitative estimate of drug-likeness (QED) is 0.878. The molecule has 0 bridgehead atoms. The van der Waals surface area contributed by atoms with E-state index in [2.05, 4.69) is 48.0 Å². The maximum Gasteiger partial charge on any atom is 0.0207 e. The fourth-order valence-corrected chi connectivity index (χ4v) is 2.06. The highest BCUT2D eigenvalue weighted by atomic mass is 79.9. The van der Waals surface area contributed by atoms with Crippen LogP contribution in [0.3, 0.4) is 0 Å². The van der Waals surface area contributed by atoms with E-state index in [4.69, 9.17) is 5.73 Å². The van der Waals surface area contributed by atoms with Gasteiger partial charge in [0.05, 0.1) is 0 Å². The van der Waals surface area contributed by atoms with Gasteiger partial charge in [0.2, 0.25) is 0 Å². The molecule has 1 rings (SSSR count). The summed E-state index contributed by atoms with van der Waals surface area (Å²) < 4.78 is 1.20. The second-order valence-corrected chi connectivity index (χ2v) is 5.33. The van der Waals surface area contributed by atoms with Crippen LogP contribution in [-0.2, 0) is 6.42 Å². The molecule has 0 heterocycles. The van der Waals surface area contributed by atoms with Crippen molar-refractivity contribution in [2.45, 2.75) is 26.7 Å². The van der Waals surface area contributed by atoms with Crippen molar-refractivity contribution in [3.63, 3.8) is 0 Å². The zero-order chi connectivity index (χ0) is 10.6. The molecule has 14 heavy (non-hydrogen) atoms. The lowest BCUT2D eigenvalue weighted by molar-refractivity contribution is 0.338. The third kappa shape index (κ3) is 3.43. The Morgan fingerprint density at radius 1 is 1.29 bits per heavy atom. The summed E-state index contributed by atoms with van der Waals surface area (Å²) in [5.41, 5.74) is 7.25. The van der Waals surface area contributed by atoms with Gasteiger partial charge in [0.1, 0.15) is 0 Å². The molecule has 0 amide bonds. The fourth-order valence-electron chi connectivity index (χ4n) is 1.64. The standard InChI is InChI=1S/C12H18BrN/c1-12(2,7-8-14)9-10-5-3-4-6-11(10)13/h3-6H,7-9,14H2,1-2H3. The number of hydrogen-bond donors (Lipinski definition) is 1. The molecule has 0 saturated carbocycles. The van der Waals surface area contributed by atoms with Gasteiger partial charge in [-0.3, -0.25) is 0 Å². The predicted molar refractivity (Wildman–Crippen MR) is 65.3 cm³/mol. The molecule has 0 unspecified atom stereocenters. The first-order valence-electron chi connectivity index (χ1n) is 4.99. The first-order chi connectivity index (χ1) is 6.55. The second kappa shape index (κ2) is 4.94. The maximum absolute atomic E-state index is 5.59. The lowest BCUT2D eigenvalue weighted by Crippen LogP contribution is -2.19. The van der Waals surface area contributed by atoms with Gasteiger partial charge < -0.3 is 5.73 Å². The first-order valence-corrected chi connectivity index (χ1v) is 5.78. The molecular weight excluding hydrogens is 238 g/mol. The van der Waals surface area contributed by atoms with Gasteiger partial charge in [0, 0.05) is 4.47 Å². The van der Waals surface area contributed by atoms with Crippen LogP contribution in [0.1, 0.15) is 25.8 Å². The highest BCUT2D eigenvalue weighted by Gasteiger charge is 2.18. The van der Waals surface area contributed by atoms with Crippen molar-refractivity contribution in [1.82, 2.24) is 0 Å². The van der Waals surface area contributed by atoms with E-state index in [1.165, 1.54) is 10.0 Å². The number of nitrogens with two attached hydrogens (primary N) is 1. The average Bonchev–Trinajstić information content (AvgIpc) is 2.08. The molecule has 2 N–H and O–H groups in total. The van der Waals surface area contributed by atoms with Crippen LogP contribution in [0.25, 0.3) is 0 Å². The van der Waals surface area contributed by atoms with Gasteiger partial charge in [0.25, 0.3) is 0 Å². The summed E-state index contributed by atoms with van der Waals surface area (Å²) in [7, 11) is 0. The normalized spacial score (nSPS) is 11.7. The minimum atomic E-state index is 0.290. The number of hydrogen-bond acceptors (Lipinski definition) is 1. The van der Waals surface area contributed by atoms with E-state index < -0.39 is 0 Å². The van der Waals surface area contributed by atoms with Gasteiger partial charge >= 0.3 is 0 Å². The van der Waals surface area contributed by atoms with Crippen LogP contribution in [-0.4, -0.2) is 6.54 Å². The van der Waals surface area contributed by atoms with Crippen molar-refractivity contribution >= 4 is 15.9 Å². The molecule has 0 aliphatic carbocycles. The van der Waals surface area contributed by atoms with Crippen LogP contribution in [0.5, 0.6) is 0 Å². The highest BCUT2D eigenvalue weighted by Crippen LogP contribution is 2.28. The lowest BCUT2D eigenvalue weighted by atomic mass is 9.83. The van der Waals surface area contributed by atoms with Crippen molar-refractivity contribution in [3.8, 4) is 0 Å². The van der Waals surface area contributed by atoms with E-state index in [9.17, 15) is 0 Å². The minimum Gasteiger partial charge on any atom is -0.330 e. The third-order valence-electron chi connectivity index (χ3n) is 2.45. The van der Waals surface area contributed by atoms with E-state index >= 15 is 0 Å². The monoisotopic (exact) mass is 255 g/mol. The van der Waals surface area contributed by atoms with E-state index in [0.717, 1.165) is 19.4 Å². The Balaban J connectivity index is 2.73. The average molecular weight is 256 g/mol. The van der Waals surface area contributed by atoms with Gasteiger partial charge in [-0.2, -0.15) is 0 Å². The van der Waals surface area contributed by atoms with Crippen LogP contribution < -0.4 is 5.73 Å². The molecule has 0 aromatic heterocycles. The van der Waals surface area contributed by atoms with Crippen LogP contribution in [0.4, 0.5) is 0 Å².